The number of nitrogens with zero attached hydrogens (tertiary/aromatic N) is 3. The van der Waals surface area contributed by atoms with E-state index in [1.54, 1.807) is 17.3 Å². The molecule has 0 bridgehead atoms. The van der Waals surface area contributed by atoms with E-state index >= 15 is 0 Å². The van der Waals surface area contributed by atoms with Crippen LogP contribution >= 0.6 is 0 Å². The van der Waals surface area contributed by atoms with Crippen molar-refractivity contribution in [1.29, 1.82) is 0 Å². The lowest BCUT2D eigenvalue weighted by molar-refractivity contribution is -0.136. The Labute approximate surface area is 164 Å². The molecule has 146 valence electrons. The van der Waals surface area contributed by atoms with E-state index in [9.17, 15) is 14.4 Å². The number of hydrazone groups is 1. The maximum atomic E-state index is 13.5. The number of allylic oxidation sites excluding steroid dienone is 1. The van der Waals surface area contributed by atoms with Gasteiger partial charge in [-0.1, -0.05) is 44.5 Å². The van der Waals surface area contributed by atoms with Gasteiger partial charge >= 0.3 is 0 Å². The Balaban J connectivity index is 1.81. The van der Waals surface area contributed by atoms with Crippen LogP contribution in [0.15, 0.2) is 35.5 Å². The van der Waals surface area contributed by atoms with Gasteiger partial charge in [-0.05, 0) is 31.6 Å². The van der Waals surface area contributed by atoms with Crippen LogP contribution in [0.5, 0.6) is 0 Å². The van der Waals surface area contributed by atoms with E-state index in [1.165, 1.54) is 4.90 Å². The van der Waals surface area contributed by atoms with Crippen LogP contribution in [0.2, 0.25) is 0 Å². The summed E-state index contributed by atoms with van der Waals surface area (Å²) >= 11 is 0. The molecule has 0 N–H and O–H groups in total. The van der Waals surface area contributed by atoms with Gasteiger partial charge in [0.05, 0.1) is 23.6 Å². The van der Waals surface area contributed by atoms with Crippen molar-refractivity contribution in [2.24, 2.45) is 22.4 Å². The van der Waals surface area contributed by atoms with Crippen LogP contribution < -0.4 is 4.90 Å². The molecule has 6 heteroatoms. The Kier molecular flexibility index (Phi) is 4.07. The quantitative estimate of drug-likeness (QED) is 0.741. The van der Waals surface area contributed by atoms with Crippen molar-refractivity contribution in [3.05, 3.63) is 41.5 Å². The summed E-state index contributed by atoms with van der Waals surface area (Å²) in [7, 11) is 0. The fourth-order valence-corrected chi connectivity index (χ4v) is 4.57. The molecule has 0 saturated carbocycles. The molecule has 4 atom stereocenters. The number of hydrogen-bond acceptors (Lipinski definition) is 5. The minimum Gasteiger partial charge on any atom is -0.297 e. The number of aryl methyl sites for hydroxylation is 2. The minimum atomic E-state index is -0.733. The fraction of sp³-hybridized carbons (Fsp3) is 0.455. The van der Waals surface area contributed by atoms with Crippen molar-refractivity contribution < 1.29 is 14.4 Å². The highest BCUT2D eigenvalue weighted by molar-refractivity contribution is 6.24. The highest BCUT2D eigenvalue weighted by atomic mass is 16.2. The highest BCUT2D eigenvalue weighted by Gasteiger charge is 2.64. The zero-order valence-electron chi connectivity index (χ0n) is 16.8. The van der Waals surface area contributed by atoms with Crippen molar-refractivity contribution >= 4 is 29.5 Å². The average molecular weight is 379 g/mol. The first kappa shape index (κ1) is 18.6. The third kappa shape index (κ3) is 2.54. The molecule has 3 aliphatic rings. The Morgan fingerprint density at radius 2 is 1.75 bits per heavy atom. The predicted molar refractivity (Wildman–Crippen MR) is 107 cm³/mol. The largest absolute Gasteiger partial charge is 0.297 e. The van der Waals surface area contributed by atoms with Crippen LogP contribution in [0, 0.1) is 31.1 Å². The third-order valence-electron chi connectivity index (χ3n) is 5.89. The van der Waals surface area contributed by atoms with Gasteiger partial charge in [-0.25, -0.2) is 4.90 Å². The van der Waals surface area contributed by atoms with E-state index in [1.807, 2.05) is 58.9 Å². The van der Waals surface area contributed by atoms with Gasteiger partial charge in [0, 0.05) is 11.6 Å². The second-order valence-electron chi connectivity index (χ2n) is 8.93. The number of imide groups is 1. The molecular weight excluding hydrogens is 354 g/mol. The molecule has 28 heavy (non-hydrogen) atoms. The standard InChI is InChI=1S/C22H25N3O3/c1-12-8-9-14(13(2)11-12)24-20(27)16-15-7-6-10-23-25(15)18(17(16)21(24)28)19(26)22(3,4)5/h6-11,15-18H,1-5H3/t15-,16-,17+,18-/m0/s1. The number of Topliss-reactive ketones (excluding diaryl/α,β-unsaturated/α-hetero) is 1. The first-order valence-corrected chi connectivity index (χ1v) is 9.61. The lowest BCUT2D eigenvalue weighted by Crippen LogP contribution is -2.49. The summed E-state index contributed by atoms with van der Waals surface area (Å²) in [6.07, 6.45) is 5.26. The molecule has 2 saturated heterocycles. The lowest BCUT2D eigenvalue weighted by atomic mass is 9.80. The summed E-state index contributed by atoms with van der Waals surface area (Å²) in [6.45, 7) is 9.38. The van der Waals surface area contributed by atoms with Crippen molar-refractivity contribution in [1.82, 2.24) is 5.01 Å². The van der Waals surface area contributed by atoms with E-state index in [4.69, 9.17) is 0 Å². The zero-order chi connectivity index (χ0) is 20.4. The summed E-state index contributed by atoms with van der Waals surface area (Å²) in [6, 6.07) is 4.56. The van der Waals surface area contributed by atoms with Gasteiger partial charge in [-0.15, -0.1) is 0 Å². The monoisotopic (exact) mass is 379 g/mol. The Bertz CT molecular complexity index is 941. The number of ketones is 1. The van der Waals surface area contributed by atoms with Crippen LogP contribution in [0.25, 0.3) is 0 Å². The highest BCUT2D eigenvalue weighted by Crippen LogP contribution is 2.47. The van der Waals surface area contributed by atoms with Crippen molar-refractivity contribution in [3.63, 3.8) is 0 Å². The summed E-state index contributed by atoms with van der Waals surface area (Å²) in [5.41, 5.74) is 1.90. The van der Waals surface area contributed by atoms with Gasteiger partial charge in [0.1, 0.15) is 6.04 Å². The molecule has 6 nitrogen and oxygen atoms in total. The topological polar surface area (TPSA) is 70.1 Å². The summed E-state index contributed by atoms with van der Waals surface area (Å²) < 4.78 is 0. The SMILES string of the molecule is Cc1ccc(N2C(=O)[C@@H]3[C@@H](C2=O)[C@@H]2C=CC=NN2[C@@H]3C(=O)C(C)(C)C)c(C)c1. The molecule has 2 amide bonds. The number of hydrogen-bond donors (Lipinski definition) is 0. The van der Waals surface area contributed by atoms with Crippen molar-refractivity contribution in [2.75, 3.05) is 4.90 Å². The molecule has 0 aliphatic carbocycles. The second kappa shape index (κ2) is 6.12. The molecule has 1 aromatic carbocycles. The molecule has 3 heterocycles. The number of anilines is 1. The molecule has 0 unspecified atom stereocenters. The van der Waals surface area contributed by atoms with Crippen LogP contribution in [-0.4, -0.2) is 40.9 Å². The second-order valence-corrected chi connectivity index (χ2v) is 8.93. The summed E-state index contributed by atoms with van der Waals surface area (Å²) in [5, 5.41) is 6.03. The van der Waals surface area contributed by atoms with Gasteiger partial charge < -0.3 is 0 Å². The van der Waals surface area contributed by atoms with Gasteiger partial charge in [-0.3, -0.25) is 19.4 Å². The van der Waals surface area contributed by atoms with E-state index in [-0.39, 0.29) is 23.6 Å². The predicted octanol–water partition coefficient (Wildman–Crippen LogP) is 2.63. The molecule has 0 aromatic heterocycles. The number of benzene rings is 1. The Morgan fingerprint density at radius 1 is 1.07 bits per heavy atom. The summed E-state index contributed by atoms with van der Waals surface area (Å²) in [5.74, 6) is -1.94. The van der Waals surface area contributed by atoms with E-state index in [0.717, 1.165) is 11.1 Å². The number of rotatable bonds is 2. The van der Waals surface area contributed by atoms with Crippen LogP contribution in [0.4, 0.5) is 5.69 Å². The third-order valence-corrected chi connectivity index (χ3v) is 5.89. The van der Waals surface area contributed by atoms with Gasteiger partial charge in [-0.2, -0.15) is 5.10 Å². The minimum absolute atomic E-state index is 0.0684. The van der Waals surface area contributed by atoms with Gasteiger partial charge in [0.2, 0.25) is 11.8 Å². The van der Waals surface area contributed by atoms with Crippen LogP contribution in [0.1, 0.15) is 31.9 Å². The first-order valence-electron chi connectivity index (χ1n) is 9.61. The zero-order valence-corrected chi connectivity index (χ0v) is 16.8. The molecule has 4 rings (SSSR count). The van der Waals surface area contributed by atoms with Crippen LogP contribution in [-0.2, 0) is 14.4 Å². The smallest absolute Gasteiger partial charge is 0.240 e. The molecular formula is C22H25N3O3. The maximum Gasteiger partial charge on any atom is 0.240 e. The number of carbonyl (C=O) groups is 3. The number of carbonyl (C=O) groups excluding carboxylic acids is 3. The lowest BCUT2D eigenvalue weighted by Gasteiger charge is -2.33. The molecule has 3 aliphatic heterocycles. The number of amides is 2. The molecule has 1 aromatic rings. The normalized spacial score (nSPS) is 28.8. The Morgan fingerprint density at radius 3 is 2.39 bits per heavy atom. The summed E-state index contributed by atoms with van der Waals surface area (Å²) in [4.78, 5) is 41.4. The number of fused-ring (bicyclic) bond motifs is 3. The first-order chi connectivity index (χ1) is 13.1. The van der Waals surface area contributed by atoms with Gasteiger partial charge in [0.15, 0.2) is 5.78 Å². The van der Waals surface area contributed by atoms with Crippen molar-refractivity contribution in [2.45, 2.75) is 46.7 Å². The van der Waals surface area contributed by atoms with Crippen molar-refractivity contribution in [3.8, 4) is 0 Å². The van der Waals surface area contributed by atoms with E-state index < -0.39 is 23.3 Å². The van der Waals surface area contributed by atoms with E-state index in [2.05, 4.69) is 5.10 Å². The fourth-order valence-electron chi connectivity index (χ4n) is 4.57. The molecule has 0 radical (unpaired) electrons. The maximum absolute atomic E-state index is 13.5. The molecule has 2 fully saturated rings. The van der Waals surface area contributed by atoms with E-state index in [0.29, 0.717) is 5.69 Å². The average Bonchev–Trinajstić information content (AvgIpc) is 3.08. The van der Waals surface area contributed by atoms with Gasteiger partial charge in [0.25, 0.3) is 0 Å². The Hall–Kier alpha value is -2.76. The molecule has 0 spiro atoms. The van der Waals surface area contributed by atoms with Crippen LogP contribution in [0.3, 0.4) is 0 Å².